The highest BCUT2D eigenvalue weighted by Gasteiger charge is 2.10. The highest BCUT2D eigenvalue weighted by Crippen LogP contribution is 2.21. The number of aromatic nitrogens is 3. The molecule has 0 aliphatic carbocycles. The molecule has 1 aromatic carbocycles. The first kappa shape index (κ1) is 14.5. The summed E-state index contributed by atoms with van der Waals surface area (Å²) >= 11 is 3.40. The maximum atomic E-state index is 12.4. The number of nitrogens with one attached hydrogen (secondary N) is 1. The largest absolute Gasteiger partial charge is 0.306 e. The maximum Gasteiger partial charge on any atom is 0.256 e. The molecule has 0 fully saturated rings. The van der Waals surface area contributed by atoms with Gasteiger partial charge in [0.15, 0.2) is 0 Å². The van der Waals surface area contributed by atoms with E-state index in [0.717, 1.165) is 15.7 Å². The van der Waals surface area contributed by atoms with Crippen LogP contribution in [-0.4, -0.2) is 20.7 Å². The van der Waals surface area contributed by atoms with E-state index >= 15 is 0 Å². The van der Waals surface area contributed by atoms with Crippen LogP contribution in [0.3, 0.4) is 0 Å². The average molecular weight is 357 g/mol. The SMILES string of the molecule is Cc1cnc(NC(=O)c2cccc(-n3cccn3)c2)c(Br)c1. The van der Waals surface area contributed by atoms with Gasteiger partial charge in [-0.25, -0.2) is 9.67 Å². The molecule has 110 valence electrons. The number of rotatable bonds is 3. The molecule has 0 saturated carbocycles. The quantitative estimate of drug-likeness (QED) is 0.779. The molecule has 1 N–H and O–H groups in total. The van der Waals surface area contributed by atoms with E-state index in [2.05, 4.69) is 31.3 Å². The lowest BCUT2D eigenvalue weighted by Crippen LogP contribution is -2.14. The standard InChI is InChI=1S/C16H13BrN4O/c1-11-8-14(17)15(18-10-11)20-16(22)12-4-2-5-13(9-12)21-7-3-6-19-21/h2-10H,1H3,(H,18,20,22). The van der Waals surface area contributed by atoms with E-state index in [0.29, 0.717) is 11.4 Å². The van der Waals surface area contributed by atoms with Gasteiger partial charge in [-0.1, -0.05) is 6.07 Å². The first-order chi connectivity index (χ1) is 10.6. The van der Waals surface area contributed by atoms with Crippen LogP contribution in [0.25, 0.3) is 5.69 Å². The number of halogens is 1. The van der Waals surface area contributed by atoms with Crippen molar-refractivity contribution in [1.82, 2.24) is 14.8 Å². The number of carbonyl (C=O) groups is 1. The van der Waals surface area contributed by atoms with Gasteiger partial charge in [0.05, 0.1) is 10.2 Å². The Hall–Kier alpha value is -2.47. The van der Waals surface area contributed by atoms with Crippen LogP contribution in [0.4, 0.5) is 5.82 Å². The van der Waals surface area contributed by atoms with E-state index in [1.165, 1.54) is 0 Å². The van der Waals surface area contributed by atoms with Crippen LogP contribution < -0.4 is 5.32 Å². The first-order valence-corrected chi connectivity index (χ1v) is 7.46. The number of pyridine rings is 1. The third-order valence-electron chi connectivity index (χ3n) is 3.09. The fourth-order valence-corrected chi connectivity index (χ4v) is 2.58. The lowest BCUT2D eigenvalue weighted by Gasteiger charge is -2.08. The smallest absolute Gasteiger partial charge is 0.256 e. The number of hydrogen-bond donors (Lipinski definition) is 1. The Morgan fingerprint density at radius 3 is 2.86 bits per heavy atom. The zero-order valence-corrected chi connectivity index (χ0v) is 13.4. The van der Waals surface area contributed by atoms with Crippen LogP contribution in [-0.2, 0) is 0 Å². The third-order valence-corrected chi connectivity index (χ3v) is 3.69. The van der Waals surface area contributed by atoms with Crippen molar-refractivity contribution in [3.63, 3.8) is 0 Å². The van der Waals surface area contributed by atoms with Gasteiger partial charge in [0.2, 0.25) is 0 Å². The molecule has 0 spiro atoms. The fourth-order valence-electron chi connectivity index (χ4n) is 2.02. The van der Waals surface area contributed by atoms with Crippen molar-refractivity contribution in [3.05, 3.63) is 70.6 Å². The molecule has 0 atom stereocenters. The van der Waals surface area contributed by atoms with Crippen LogP contribution in [0, 0.1) is 6.92 Å². The van der Waals surface area contributed by atoms with Crippen LogP contribution in [0.2, 0.25) is 0 Å². The summed E-state index contributed by atoms with van der Waals surface area (Å²) in [5, 5.41) is 6.96. The molecule has 5 nitrogen and oxygen atoms in total. The Morgan fingerprint density at radius 2 is 2.14 bits per heavy atom. The molecule has 0 bridgehead atoms. The Labute approximate surface area is 136 Å². The van der Waals surface area contributed by atoms with Gasteiger partial charge in [0.25, 0.3) is 5.91 Å². The van der Waals surface area contributed by atoms with Gasteiger partial charge in [0, 0.05) is 24.2 Å². The van der Waals surface area contributed by atoms with Gasteiger partial charge in [-0.05, 0) is 58.7 Å². The molecule has 0 radical (unpaired) electrons. The Bertz CT molecular complexity index is 815. The molecular weight excluding hydrogens is 344 g/mol. The highest BCUT2D eigenvalue weighted by molar-refractivity contribution is 9.10. The Balaban J connectivity index is 1.85. The van der Waals surface area contributed by atoms with Crippen molar-refractivity contribution < 1.29 is 4.79 Å². The van der Waals surface area contributed by atoms with E-state index in [-0.39, 0.29) is 5.91 Å². The maximum absolute atomic E-state index is 12.4. The molecule has 2 heterocycles. The van der Waals surface area contributed by atoms with Crippen LogP contribution >= 0.6 is 15.9 Å². The van der Waals surface area contributed by atoms with Gasteiger partial charge in [-0.2, -0.15) is 5.10 Å². The van der Waals surface area contributed by atoms with Crippen LogP contribution in [0.5, 0.6) is 0 Å². The normalized spacial score (nSPS) is 10.5. The number of hydrogen-bond acceptors (Lipinski definition) is 3. The number of anilines is 1. The molecular formula is C16H13BrN4O. The van der Waals surface area contributed by atoms with Crippen molar-refractivity contribution >= 4 is 27.7 Å². The summed E-state index contributed by atoms with van der Waals surface area (Å²) in [6.07, 6.45) is 5.23. The van der Waals surface area contributed by atoms with E-state index in [9.17, 15) is 4.79 Å². The summed E-state index contributed by atoms with van der Waals surface area (Å²) in [6, 6.07) is 11.0. The molecule has 1 amide bonds. The molecule has 3 rings (SSSR count). The second-order valence-corrected chi connectivity index (χ2v) is 5.65. The molecule has 0 aliphatic heterocycles. The van der Waals surface area contributed by atoms with E-state index in [1.54, 1.807) is 29.2 Å². The Morgan fingerprint density at radius 1 is 1.27 bits per heavy atom. The van der Waals surface area contributed by atoms with Crippen LogP contribution in [0.15, 0.2) is 59.5 Å². The lowest BCUT2D eigenvalue weighted by atomic mass is 10.2. The summed E-state index contributed by atoms with van der Waals surface area (Å²) in [5.74, 6) is 0.283. The minimum Gasteiger partial charge on any atom is -0.306 e. The minimum atomic E-state index is -0.217. The van der Waals surface area contributed by atoms with Gasteiger partial charge in [-0.15, -0.1) is 0 Å². The number of aryl methyl sites for hydroxylation is 1. The third kappa shape index (κ3) is 3.07. The van der Waals surface area contributed by atoms with Gasteiger partial charge < -0.3 is 5.32 Å². The summed E-state index contributed by atoms with van der Waals surface area (Å²) in [6.45, 7) is 1.94. The summed E-state index contributed by atoms with van der Waals surface area (Å²) in [7, 11) is 0. The topological polar surface area (TPSA) is 59.8 Å². The number of nitrogens with zero attached hydrogens (tertiary/aromatic N) is 3. The molecule has 0 unspecified atom stereocenters. The molecule has 22 heavy (non-hydrogen) atoms. The van der Waals surface area contributed by atoms with Crippen molar-refractivity contribution in [3.8, 4) is 5.69 Å². The van der Waals surface area contributed by atoms with E-state index in [4.69, 9.17) is 0 Å². The predicted octanol–water partition coefficient (Wildman–Crippen LogP) is 3.59. The second-order valence-electron chi connectivity index (χ2n) is 4.80. The van der Waals surface area contributed by atoms with Gasteiger partial charge in [0.1, 0.15) is 5.82 Å². The fraction of sp³-hybridized carbons (Fsp3) is 0.0625. The number of benzene rings is 1. The second kappa shape index (κ2) is 6.11. The Kier molecular flexibility index (Phi) is 4.02. The summed E-state index contributed by atoms with van der Waals surface area (Å²) in [5.41, 5.74) is 2.39. The lowest BCUT2D eigenvalue weighted by molar-refractivity contribution is 0.102. The summed E-state index contributed by atoms with van der Waals surface area (Å²) in [4.78, 5) is 16.6. The average Bonchev–Trinajstić information content (AvgIpc) is 3.04. The molecule has 3 aromatic rings. The first-order valence-electron chi connectivity index (χ1n) is 6.67. The van der Waals surface area contributed by atoms with Crippen molar-refractivity contribution in [2.45, 2.75) is 6.92 Å². The monoisotopic (exact) mass is 356 g/mol. The van der Waals surface area contributed by atoms with Crippen molar-refractivity contribution in [2.75, 3.05) is 5.32 Å². The predicted molar refractivity (Wildman–Crippen MR) is 88.2 cm³/mol. The van der Waals surface area contributed by atoms with Crippen LogP contribution in [0.1, 0.15) is 15.9 Å². The van der Waals surface area contributed by atoms with E-state index < -0.39 is 0 Å². The minimum absolute atomic E-state index is 0.217. The summed E-state index contributed by atoms with van der Waals surface area (Å²) < 4.78 is 2.46. The molecule has 0 aliphatic rings. The molecule has 6 heteroatoms. The number of amides is 1. The van der Waals surface area contributed by atoms with Crippen molar-refractivity contribution in [1.29, 1.82) is 0 Å². The molecule has 0 saturated heterocycles. The molecule has 2 aromatic heterocycles. The zero-order valence-electron chi connectivity index (χ0n) is 11.8. The van der Waals surface area contributed by atoms with Gasteiger partial charge in [-0.3, -0.25) is 4.79 Å². The highest BCUT2D eigenvalue weighted by atomic mass is 79.9. The number of carbonyl (C=O) groups excluding carboxylic acids is 1. The van der Waals surface area contributed by atoms with Gasteiger partial charge >= 0.3 is 0 Å². The van der Waals surface area contributed by atoms with Crippen molar-refractivity contribution in [2.24, 2.45) is 0 Å². The zero-order chi connectivity index (χ0) is 15.5. The van der Waals surface area contributed by atoms with E-state index in [1.807, 2.05) is 37.4 Å².